The molecular formula is C15H33NO. The Bertz CT molecular complexity index is 139. The summed E-state index contributed by atoms with van der Waals surface area (Å²) >= 11 is 0. The van der Waals surface area contributed by atoms with Crippen LogP contribution >= 0.6 is 0 Å². The molecule has 0 fully saturated rings. The summed E-state index contributed by atoms with van der Waals surface area (Å²) in [6.45, 7) is 3.38. The van der Waals surface area contributed by atoms with Crippen molar-refractivity contribution in [3.05, 3.63) is 0 Å². The van der Waals surface area contributed by atoms with Crippen LogP contribution in [0.25, 0.3) is 0 Å². The molecule has 1 N–H and O–H groups in total. The predicted octanol–water partition coefficient (Wildman–Crippen LogP) is 4.14. The molecule has 17 heavy (non-hydrogen) atoms. The lowest BCUT2D eigenvalue weighted by molar-refractivity contribution is 0.0839. The third-order valence-corrected chi connectivity index (χ3v) is 3.42. The molecule has 2 nitrogen and oxygen atoms in total. The van der Waals surface area contributed by atoms with Gasteiger partial charge in [-0.1, -0.05) is 51.9 Å². The summed E-state index contributed by atoms with van der Waals surface area (Å²) in [6, 6.07) is 0. The van der Waals surface area contributed by atoms with Gasteiger partial charge in [0.2, 0.25) is 0 Å². The van der Waals surface area contributed by atoms with Crippen LogP contribution in [-0.4, -0.2) is 26.8 Å². The molecule has 0 aliphatic rings. The molecule has 0 spiro atoms. The first-order chi connectivity index (χ1) is 8.35. The average Bonchev–Trinajstić information content (AvgIpc) is 2.35. The van der Waals surface area contributed by atoms with E-state index in [1.807, 2.05) is 14.2 Å². The van der Waals surface area contributed by atoms with Gasteiger partial charge < -0.3 is 10.1 Å². The first kappa shape index (κ1) is 16.9. The van der Waals surface area contributed by atoms with Gasteiger partial charge in [-0.05, 0) is 32.9 Å². The van der Waals surface area contributed by atoms with Crippen LogP contribution in [0.3, 0.4) is 0 Å². The quantitative estimate of drug-likeness (QED) is 0.491. The molecule has 0 rings (SSSR count). The predicted molar refractivity (Wildman–Crippen MR) is 76.6 cm³/mol. The summed E-state index contributed by atoms with van der Waals surface area (Å²) in [6.07, 6.45) is 13.9. The fraction of sp³-hybridized carbons (Fsp3) is 1.00. The number of hydrogen-bond donors (Lipinski definition) is 1. The Morgan fingerprint density at radius 3 is 2.06 bits per heavy atom. The third-order valence-electron chi connectivity index (χ3n) is 3.42. The molecule has 0 saturated heterocycles. The van der Waals surface area contributed by atoms with Crippen LogP contribution in [0.15, 0.2) is 0 Å². The van der Waals surface area contributed by atoms with E-state index in [1.54, 1.807) is 0 Å². The van der Waals surface area contributed by atoms with Gasteiger partial charge in [0.1, 0.15) is 0 Å². The Balaban J connectivity index is 3.25. The number of ether oxygens (including phenoxy) is 1. The minimum Gasteiger partial charge on any atom is -0.381 e. The van der Waals surface area contributed by atoms with Crippen LogP contribution in [0.1, 0.15) is 71.1 Å². The first-order valence-electron chi connectivity index (χ1n) is 7.52. The molecule has 0 amide bonds. The van der Waals surface area contributed by atoms with Crippen molar-refractivity contribution in [3.8, 4) is 0 Å². The van der Waals surface area contributed by atoms with Gasteiger partial charge in [0.15, 0.2) is 0 Å². The van der Waals surface area contributed by atoms with Crippen molar-refractivity contribution in [1.82, 2.24) is 5.32 Å². The molecule has 0 aliphatic heterocycles. The van der Waals surface area contributed by atoms with Gasteiger partial charge in [-0.2, -0.15) is 0 Å². The molecule has 0 heterocycles. The monoisotopic (exact) mass is 243 g/mol. The number of hydrogen-bond acceptors (Lipinski definition) is 2. The highest BCUT2D eigenvalue weighted by atomic mass is 16.5. The zero-order valence-corrected chi connectivity index (χ0v) is 12.3. The van der Waals surface area contributed by atoms with Crippen LogP contribution in [0.5, 0.6) is 0 Å². The zero-order valence-electron chi connectivity index (χ0n) is 12.3. The van der Waals surface area contributed by atoms with Crippen molar-refractivity contribution < 1.29 is 4.74 Å². The van der Waals surface area contributed by atoms with E-state index in [1.165, 1.54) is 64.2 Å². The molecule has 0 aromatic heterocycles. The van der Waals surface area contributed by atoms with Crippen LogP contribution < -0.4 is 5.32 Å². The summed E-state index contributed by atoms with van der Waals surface area (Å²) in [4.78, 5) is 0. The van der Waals surface area contributed by atoms with Gasteiger partial charge >= 0.3 is 0 Å². The zero-order chi connectivity index (χ0) is 12.8. The Morgan fingerprint density at radius 2 is 1.47 bits per heavy atom. The Hall–Kier alpha value is -0.0800. The third kappa shape index (κ3) is 12.2. The van der Waals surface area contributed by atoms with Crippen LogP contribution in [-0.2, 0) is 4.74 Å². The van der Waals surface area contributed by atoms with Crippen LogP contribution in [0.2, 0.25) is 0 Å². The van der Waals surface area contributed by atoms with Gasteiger partial charge in [0.25, 0.3) is 0 Å². The SMILES string of the molecule is CCCCCCCCCC(CCCNC)OC. The lowest BCUT2D eigenvalue weighted by Crippen LogP contribution is -2.15. The van der Waals surface area contributed by atoms with E-state index in [2.05, 4.69) is 12.2 Å². The molecule has 0 aromatic carbocycles. The number of unbranched alkanes of at least 4 members (excludes halogenated alkanes) is 6. The number of nitrogens with one attached hydrogen (secondary N) is 1. The van der Waals surface area contributed by atoms with Crippen molar-refractivity contribution in [2.75, 3.05) is 20.7 Å². The molecular weight excluding hydrogens is 210 g/mol. The van der Waals surface area contributed by atoms with Gasteiger partial charge in [-0.15, -0.1) is 0 Å². The van der Waals surface area contributed by atoms with Crippen molar-refractivity contribution >= 4 is 0 Å². The molecule has 0 radical (unpaired) electrons. The van der Waals surface area contributed by atoms with Crippen LogP contribution in [0.4, 0.5) is 0 Å². The van der Waals surface area contributed by atoms with E-state index in [0.717, 1.165) is 6.54 Å². The molecule has 0 saturated carbocycles. The van der Waals surface area contributed by atoms with Gasteiger partial charge in [0, 0.05) is 7.11 Å². The second-order valence-corrected chi connectivity index (χ2v) is 5.01. The van der Waals surface area contributed by atoms with Crippen molar-refractivity contribution in [1.29, 1.82) is 0 Å². The highest BCUT2D eigenvalue weighted by Gasteiger charge is 2.05. The molecule has 1 unspecified atom stereocenters. The first-order valence-corrected chi connectivity index (χ1v) is 7.52. The Morgan fingerprint density at radius 1 is 0.882 bits per heavy atom. The maximum atomic E-state index is 5.51. The van der Waals surface area contributed by atoms with Gasteiger partial charge in [-0.3, -0.25) is 0 Å². The van der Waals surface area contributed by atoms with E-state index >= 15 is 0 Å². The van der Waals surface area contributed by atoms with E-state index in [-0.39, 0.29) is 0 Å². The normalized spacial score (nSPS) is 12.9. The van der Waals surface area contributed by atoms with Gasteiger partial charge in [0.05, 0.1) is 6.10 Å². The average molecular weight is 243 g/mol. The van der Waals surface area contributed by atoms with Crippen molar-refractivity contribution in [2.45, 2.75) is 77.2 Å². The lowest BCUT2D eigenvalue weighted by atomic mass is 10.0. The molecule has 2 heteroatoms. The standard InChI is InChI=1S/C15H33NO/c1-4-5-6-7-8-9-10-12-15(17-3)13-11-14-16-2/h15-16H,4-14H2,1-3H3. The molecule has 104 valence electrons. The molecule has 0 aliphatic carbocycles. The van der Waals surface area contributed by atoms with E-state index in [9.17, 15) is 0 Å². The fourth-order valence-electron chi connectivity index (χ4n) is 2.22. The lowest BCUT2D eigenvalue weighted by Gasteiger charge is -2.14. The number of methoxy groups -OCH3 is 1. The maximum Gasteiger partial charge on any atom is 0.0571 e. The Kier molecular flexibility index (Phi) is 13.9. The second kappa shape index (κ2) is 14.0. The Labute approximate surface area is 109 Å². The smallest absolute Gasteiger partial charge is 0.0571 e. The summed E-state index contributed by atoms with van der Waals surface area (Å²) in [5, 5.41) is 3.19. The summed E-state index contributed by atoms with van der Waals surface area (Å²) in [5.74, 6) is 0. The van der Waals surface area contributed by atoms with Crippen LogP contribution in [0, 0.1) is 0 Å². The topological polar surface area (TPSA) is 21.3 Å². The molecule has 0 bridgehead atoms. The van der Waals surface area contributed by atoms with E-state index in [0.29, 0.717) is 6.10 Å². The van der Waals surface area contributed by atoms with E-state index < -0.39 is 0 Å². The highest BCUT2D eigenvalue weighted by molar-refractivity contribution is 4.59. The molecule has 0 aromatic rings. The summed E-state index contributed by atoms with van der Waals surface area (Å²) in [5.41, 5.74) is 0. The van der Waals surface area contributed by atoms with Gasteiger partial charge in [-0.25, -0.2) is 0 Å². The maximum absolute atomic E-state index is 5.51. The van der Waals surface area contributed by atoms with Crippen molar-refractivity contribution in [2.24, 2.45) is 0 Å². The minimum absolute atomic E-state index is 0.485. The summed E-state index contributed by atoms with van der Waals surface area (Å²) < 4.78 is 5.51. The van der Waals surface area contributed by atoms with E-state index in [4.69, 9.17) is 4.74 Å². The largest absolute Gasteiger partial charge is 0.381 e. The highest BCUT2D eigenvalue weighted by Crippen LogP contribution is 2.13. The minimum atomic E-state index is 0.485. The van der Waals surface area contributed by atoms with Crippen molar-refractivity contribution in [3.63, 3.8) is 0 Å². The fourth-order valence-corrected chi connectivity index (χ4v) is 2.22. The molecule has 1 atom stereocenters. The second-order valence-electron chi connectivity index (χ2n) is 5.01. The summed E-state index contributed by atoms with van der Waals surface area (Å²) in [7, 11) is 3.86. The number of rotatable bonds is 13.